The predicted molar refractivity (Wildman–Crippen MR) is 59.9 cm³/mol. The SMILES string of the molecule is O=c1c2ccccc2oc2c(F)cccc12. The fourth-order valence-electron chi connectivity index (χ4n) is 1.79. The first-order valence-electron chi connectivity index (χ1n) is 4.87. The molecule has 0 N–H and O–H groups in total. The Morgan fingerprint density at radius 3 is 2.56 bits per heavy atom. The Morgan fingerprint density at radius 1 is 0.938 bits per heavy atom. The average Bonchev–Trinajstić information content (AvgIpc) is 2.31. The molecule has 2 aromatic carbocycles. The van der Waals surface area contributed by atoms with Gasteiger partial charge in [-0.25, -0.2) is 4.39 Å². The predicted octanol–water partition coefficient (Wildman–Crippen LogP) is 3.09. The molecule has 0 amide bonds. The van der Waals surface area contributed by atoms with Crippen LogP contribution in [0.4, 0.5) is 4.39 Å². The van der Waals surface area contributed by atoms with Crippen LogP contribution in [-0.2, 0) is 0 Å². The van der Waals surface area contributed by atoms with E-state index in [1.165, 1.54) is 12.1 Å². The smallest absolute Gasteiger partial charge is 0.200 e. The van der Waals surface area contributed by atoms with Crippen LogP contribution in [0.25, 0.3) is 21.9 Å². The summed E-state index contributed by atoms with van der Waals surface area (Å²) in [4.78, 5) is 12.0. The number of rotatable bonds is 0. The van der Waals surface area contributed by atoms with Crippen molar-refractivity contribution in [3.8, 4) is 0 Å². The second-order valence-electron chi connectivity index (χ2n) is 3.54. The van der Waals surface area contributed by atoms with Crippen molar-refractivity contribution in [1.82, 2.24) is 0 Å². The van der Waals surface area contributed by atoms with Gasteiger partial charge in [-0.15, -0.1) is 0 Å². The molecule has 0 atom stereocenters. The minimum Gasteiger partial charge on any atom is -0.453 e. The molecule has 1 aromatic heterocycles. The number of hydrogen-bond donors (Lipinski definition) is 0. The molecule has 2 nitrogen and oxygen atoms in total. The van der Waals surface area contributed by atoms with Gasteiger partial charge in [-0.1, -0.05) is 18.2 Å². The van der Waals surface area contributed by atoms with Crippen LogP contribution in [0.5, 0.6) is 0 Å². The molecule has 0 bridgehead atoms. The van der Waals surface area contributed by atoms with E-state index in [1.807, 2.05) is 0 Å². The van der Waals surface area contributed by atoms with Gasteiger partial charge in [0.2, 0.25) is 5.43 Å². The zero-order valence-electron chi connectivity index (χ0n) is 8.24. The zero-order valence-corrected chi connectivity index (χ0v) is 8.24. The fraction of sp³-hybridized carbons (Fsp3) is 0. The van der Waals surface area contributed by atoms with Crippen LogP contribution >= 0.6 is 0 Å². The van der Waals surface area contributed by atoms with Crippen molar-refractivity contribution in [2.75, 3.05) is 0 Å². The van der Waals surface area contributed by atoms with Crippen LogP contribution in [0.3, 0.4) is 0 Å². The van der Waals surface area contributed by atoms with Gasteiger partial charge >= 0.3 is 0 Å². The lowest BCUT2D eigenvalue weighted by Crippen LogP contribution is -2.02. The molecular formula is C13H7FO2. The van der Waals surface area contributed by atoms with E-state index in [9.17, 15) is 9.18 Å². The van der Waals surface area contributed by atoms with Gasteiger partial charge < -0.3 is 4.42 Å². The van der Waals surface area contributed by atoms with E-state index in [1.54, 1.807) is 30.3 Å². The number of benzene rings is 2. The van der Waals surface area contributed by atoms with Crippen molar-refractivity contribution in [3.63, 3.8) is 0 Å². The van der Waals surface area contributed by atoms with Gasteiger partial charge in [0.05, 0.1) is 10.8 Å². The Balaban J connectivity index is 2.67. The Bertz CT molecular complexity index is 744. The number of halogens is 1. The van der Waals surface area contributed by atoms with Crippen LogP contribution in [0, 0.1) is 5.82 Å². The van der Waals surface area contributed by atoms with Crippen molar-refractivity contribution in [2.45, 2.75) is 0 Å². The third-order valence-electron chi connectivity index (χ3n) is 2.56. The van der Waals surface area contributed by atoms with Gasteiger partial charge in [0.1, 0.15) is 5.58 Å². The highest BCUT2D eigenvalue weighted by Gasteiger charge is 2.09. The van der Waals surface area contributed by atoms with Gasteiger partial charge in [-0.2, -0.15) is 0 Å². The van der Waals surface area contributed by atoms with Crippen molar-refractivity contribution in [1.29, 1.82) is 0 Å². The molecule has 78 valence electrons. The van der Waals surface area contributed by atoms with Crippen molar-refractivity contribution in [3.05, 3.63) is 58.5 Å². The Morgan fingerprint density at radius 2 is 1.69 bits per heavy atom. The minimum atomic E-state index is -0.514. The first-order valence-corrected chi connectivity index (χ1v) is 4.87. The number of para-hydroxylation sites is 2. The molecule has 0 aliphatic carbocycles. The molecule has 1 heterocycles. The molecule has 3 rings (SSSR count). The minimum absolute atomic E-state index is 0.0196. The molecule has 0 saturated carbocycles. The summed E-state index contributed by atoms with van der Waals surface area (Å²) in [5.74, 6) is -0.514. The van der Waals surface area contributed by atoms with E-state index in [2.05, 4.69) is 0 Å². The van der Waals surface area contributed by atoms with Crippen molar-refractivity contribution >= 4 is 21.9 Å². The lowest BCUT2D eigenvalue weighted by Gasteiger charge is -2.01. The molecule has 0 saturated heterocycles. The van der Waals surface area contributed by atoms with Crippen LogP contribution in [0.1, 0.15) is 0 Å². The van der Waals surface area contributed by atoms with Crippen molar-refractivity contribution in [2.24, 2.45) is 0 Å². The van der Waals surface area contributed by atoms with Crippen LogP contribution in [-0.4, -0.2) is 0 Å². The second-order valence-corrected chi connectivity index (χ2v) is 3.54. The molecule has 0 spiro atoms. The Hall–Kier alpha value is -2.16. The van der Waals surface area contributed by atoms with E-state index in [0.717, 1.165) is 0 Å². The van der Waals surface area contributed by atoms with E-state index in [4.69, 9.17) is 4.42 Å². The third kappa shape index (κ3) is 1.15. The molecule has 0 aliphatic heterocycles. The molecule has 16 heavy (non-hydrogen) atoms. The monoisotopic (exact) mass is 214 g/mol. The summed E-state index contributed by atoms with van der Waals surface area (Å²) in [6, 6.07) is 11.2. The first kappa shape index (κ1) is 9.09. The zero-order chi connectivity index (χ0) is 11.1. The normalized spacial score (nSPS) is 11.1. The quantitative estimate of drug-likeness (QED) is 0.538. The molecule has 3 heteroatoms. The highest BCUT2D eigenvalue weighted by molar-refractivity contribution is 5.89. The topological polar surface area (TPSA) is 30.2 Å². The number of fused-ring (bicyclic) bond motifs is 2. The maximum absolute atomic E-state index is 13.5. The molecule has 0 unspecified atom stereocenters. The standard InChI is InChI=1S/C13H7FO2/c14-10-6-3-5-9-12(15)8-4-1-2-7-11(8)16-13(9)10/h1-7H. The molecule has 0 aliphatic rings. The van der Waals surface area contributed by atoms with Crippen molar-refractivity contribution < 1.29 is 8.81 Å². The molecular weight excluding hydrogens is 207 g/mol. The van der Waals surface area contributed by atoms with E-state index >= 15 is 0 Å². The van der Waals surface area contributed by atoms with E-state index in [-0.39, 0.29) is 16.4 Å². The lowest BCUT2D eigenvalue weighted by atomic mass is 10.1. The maximum atomic E-state index is 13.5. The van der Waals surface area contributed by atoms with Gasteiger partial charge in [0.25, 0.3) is 0 Å². The van der Waals surface area contributed by atoms with Gasteiger partial charge in [0, 0.05) is 0 Å². The Labute approximate surface area is 89.9 Å². The van der Waals surface area contributed by atoms with Crippen LogP contribution < -0.4 is 5.43 Å². The van der Waals surface area contributed by atoms with E-state index in [0.29, 0.717) is 11.0 Å². The van der Waals surface area contributed by atoms with Gasteiger partial charge in [0.15, 0.2) is 11.4 Å². The highest BCUT2D eigenvalue weighted by Crippen LogP contribution is 2.20. The summed E-state index contributed by atoms with van der Waals surface area (Å²) in [5.41, 5.74) is 0.229. The summed E-state index contributed by atoms with van der Waals surface area (Å²) < 4.78 is 18.8. The number of hydrogen-bond acceptors (Lipinski definition) is 2. The fourth-order valence-corrected chi connectivity index (χ4v) is 1.79. The third-order valence-corrected chi connectivity index (χ3v) is 2.56. The summed E-state index contributed by atoms with van der Waals surface area (Å²) in [5, 5.41) is 0.749. The second kappa shape index (κ2) is 3.17. The Kier molecular flexibility index (Phi) is 1.80. The van der Waals surface area contributed by atoms with Crippen LogP contribution in [0.15, 0.2) is 51.7 Å². The summed E-state index contributed by atoms with van der Waals surface area (Å²) in [6.07, 6.45) is 0. The first-order chi connectivity index (χ1) is 7.77. The van der Waals surface area contributed by atoms with Crippen LogP contribution in [0.2, 0.25) is 0 Å². The van der Waals surface area contributed by atoms with Gasteiger partial charge in [-0.3, -0.25) is 4.79 Å². The maximum Gasteiger partial charge on any atom is 0.200 e. The molecule has 3 aromatic rings. The highest BCUT2D eigenvalue weighted by atomic mass is 19.1. The summed E-state index contributed by atoms with van der Waals surface area (Å²) in [6.45, 7) is 0. The molecule has 0 radical (unpaired) electrons. The summed E-state index contributed by atoms with van der Waals surface area (Å²) >= 11 is 0. The largest absolute Gasteiger partial charge is 0.453 e. The average molecular weight is 214 g/mol. The summed E-state index contributed by atoms with van der Waals surface area (Å²) in [7, 11) is 0. The van der Waals surface area contributed by atoms with E-state index < -0.39 is 5.82 Å². The molecule has 0 fully saturated rings. The van der Waals surface area contributed by atoms with Gasteiger partial charge in [-0.05, 0) is 24.3 Å². The lowest BCUT2D eigenvalue weighted by molar-refractivity contribution is 0.579.